The van der Waals surface area contributed by atoms with Crippen LogP contribution in [-0.4, -0.2) is 22.7 Å². The van der Waals surface area contributed by atoms with E-state index >= 15 is 0 Å². The first-order valence-electron chi connectivity index (χ1n) is 12.9. The van der Waals surface area contributed by atoms with E-state index in [1.807, 2.05) is 50.2 Å². The van der Waals surface area contributed by atoms with E-state index in [-0.39, 0.29) is 17.1 Å². The van der Waals surface area contributed by atoms with E-state index in [9.17, 15) is 9.59 Å². The fourth-order valence-electron chi connectivity index (χ4n) is 4.69. The Morgan fingerprint density at radius 1 is 1.00 bits per heavy atom. The second-order valence-corrected chi connectivity index (χ2v) is 10.6. The number of carbonyl (C=O) groups is 1. The van der Waals surface area contributed by atoms with Crippen molar-refractivity contribution in [2.45, 2.75) is 65.8 Å². The van der Waals surface area contributed by atoms with E-state index in [2.05, 4.69) is 24.0 Å². The number of aromatic nitrogens is 2. The zero-order valence-corrected chi connectivity index (χ0v) is 22.5. The number of unbranched alkanes of at least 4 members (excludes halogenated alkanes) is 2. The van der Waals surface area contributed by atoms with E-state index < -0.39 is 6.04 Å². The lowest BCUT2D eigenvalue weighted by Gasteiger charge is -2.22. The fourth-order valence-corrected chi connectivity index (χ4v) is 5.65. The first kappa shape index (κ1) is 25.1. The number of nitrogens with zero attached hydrogens (tertiary/aromatic N) is 3. The number of amides is 1. The first-order chi connectivity index (χ1) is 17.9. The summed E-state index contributed by atoms with van der Waals surface area (Å²) in [5, 5.41) is 10.4. The van der Waals surface area contributed by atoms with Gasteiger partial charge in [-0.3, -0.25) is 14.5 Å². The molecule has 1 amide bonds. The molecule has 192 valence electrons. The van der Waals surface area contributed by atoms with Gasteiger partial charge < -0.3 is 9.15 Å². The Morgan fingerprint density at radius 3 is 2.49 bits per heavy atom. The highest BCUT2D eigenvalue weighted by Crippen LogP contribution is 2.42. The molecule has 0 bridgehead atoms. The molecule has 2 aromatic heterocycles. The first-order valence-corrected chi connectivity index (χ1v) is 13.7. The Kier molecular flexibility index (Phi) is 7.11. The van der Waals surface area contributed by atoms with E-state index in [0.717, 1.165) is 59.6 Å². The molecule has 0 aliphatic carbocycles. The highest BCUT2D eigenvalue weighted by atomic mass is 32.1. The number of hydrogen-bond donors (Lipinski definition) is 0. The summed E-state index contributed by atoms with van der Waals surface area (Å²) in [7, 11) is 0. The van der Waals surface area contributed by atoms with Crippen molar-refractivity contribution in [3.8, 4) is 5.75 Å². The number of hydrogen-bond acceptors (Lipinski definition) is 7. The summed E-state index contributed by atoms with van der Waals surface area (Å²) in [6.45, 7) is 8.81. The standard InChI is InChI=1S/C29H31N3O4S/c1-5-7-8-14-35-20-12-10-19(11-13-20)25-24-26(33)21-15-17(3)18(4)16-22(21)36-27(24)28(34)32(25)29-31-30-23(37-29)9-6-2/h10-13,15-16,25H,5-9,14H2,1-4H3. The molecule has 7 nitrogen and oxygen atoms in total. The molecule has 1 unspecified atom stereocenters. The van der Waals surface area contributed by atoms with Gasteiger partial charge in [0, 0.05) is 6.42 Å². The molecule has 0 saturated heterocycles. The smallest absolute Gasteiger partial charge is 0.297 e. The third kappa shape index (κ3) is 4.66. The summed E-state index contributed by atoms with van der Waals surface area (Å²) in [6.07, 6.45) is 4.96. The maximum absolute atomic E-state index is 13.9. The van der Waals surface area contributed by atoms with Crippen LogP contribution in [0.3, 0.4) is 0 Å². The molecule has 0 saturated carbocycles. The zero-order valence-electron chi connectivity index (χ0n) is 21.7. The number of carbonyl (C=O) groups excluding carboxylic acids is 1. The lowest BCUT2D eigenvalue weighted by atomic mass is 9.97. The molecule has 2 aromatic carbocycles. The monoisotopic (exact) mass is 517 g/mol. The minimum absolute atomic E-state index is 0.0675. The largest absolute Gasteiger partial charge is 0.494 e. The second kappa shape index (κ2) is 10.5. The lowest BCUT2D eigenvalue weighted by molar-refractivity contribution is 0.0970. The van der Waals surface area contributed by atoms with Gasteiger partial charge in [0.1, 0.15) is 16.3 Å². The summed E-state index contributed by atoms with van der Waals surface area (Å²) >= 11 is 1.38. The lowest BCUT2D eigenvalue weighted by Crippen LogP contribution is -2.29. The van der Waals surface area contributed by atoms with Crippen molar-refractivity contribution in [2.75, 3.05) is 11.5 Å². The van der Waals surface area contributed by atoms with Crippen LogP contribution in [0.4, 0.5) is 5.13 Å². The molecule has 8 heteroatoms. The second-order valence-electron chi connectivity index (χ2n) is 9.54. The molecule has 1 aliphatic rings. The van der Waals surface area contributed by atoms with Crippen LogP contribution < -0.4 is 15.1 Å². The molecule has 3 heterocycles. The van der Waals surface area contributed by atoms with Crippen molar-refractivity contribution in [1.29, 1.82) is 0 Å². The molecule has 1 aliphatic heterocycles. The quantitative estimate of drug-likeness (QED) is 0.235. The number of aryl methyl sites for hydroxylation is 3. The average Bonchev–Trinajstić information content (AvgIpc) is 3.46. The van der Waals surface area contributed by atoms with Crippen LogP contribution >= 0.6 is 11.3 Å². The minimum atomic E-state index is -0.665. The predicted molar refractivity (Wildman–Crippen MR) is 146 cm³/mol. The molecule has 0 spiro atoms. The van der Waals surface area contributed by atoms with E-state index in [4.69, 9.17) is 9.15 Å². The summed E-state index contributed by atoms with van der Waals surface area (Å²) in [5.41, 5.74) is 3.34. The molecular weight excluding hydrogens is 486 g/mol. The van der Waals surface area contributed by atoms with Gasteiger partial charge in [-0.05, 0) is 67.6 Å². The van der Waals surface area contributed by atoms with Gasteiger partial charge in [-0.1, -0.05) is 50.2 Å². The fraction of sp³-hybridized carbons (Fsp3) is 0.379. The third-order valence-electron chi connectivity index (χ3n) is 6.83. The Morgan fingerprint density at radius 2 is 1.76 bits per heavy atom. The van der Waals surface area contributed by atoms with Gasteiger partial charge in [-0.2, -0.15) is 0 Å². The summed E-state index contributed by atoms with van der Waals surface area (Å²) in [5.74, 6) is 0.447. The molecule has 4 aromatic rings. The summed E-state index contributed by atoms with van der Waals surface area (Å²) in [4.78, 5) is 29.2. The van der Waals surface area contributed by atoms with E-state index in [1.54, 1.807) is 4.90 Å². The van der Waals surface area contributed by atoms with Gasteiger partial charge in [-0.15, -0.1) is 10.2 Å². The van der Waals surface area contributed by atoms with Gasteiger partial charge in [0.15, 0.2) is 5.43 Å². The molecule has 0 N–H and O–H groups in total. The summed E-state index contributed by atoms with van der Waals surface area (Å²) in [6, 6.07) is 10.6. The Hall–Kier alpha value is -3.52. The van der Waals surface area contributed by atoms with Crippen LogP contribution in [0.5, 0.6) is 5.75 Å². The molecular formula is C29H31N3O4S. The van der Waals surface area contributed by atoms with Gasteiger partial charge in [-0.25, -0.2) is 0 Å². The van der Waals surface area contributed by atoms with Crippen molar-refractivity contribution in [2.24, 2.45) is 0 Å². The normalized spacial score (nSPS) is 15.0. The van der Waals surface area contributed by atoms with Crippen LogP contribution in [-0.2, 0) is 6.42 Å². The maximum atomic E-state index is 13.9. The maximum Gasteiger partial charge on any atom is 0.297 e. The predicted octanol–water partition coefficient (Wildman–Crippen LogP) is 6.53. The Labute approximate surface area is 220 Å². The molecule has 0 radical (unpaired) electrons. The van der Waals surface area contributed by atoms with Crippen molar-refractivity contribution in [3.63, 3.8) is 0 Å². The Bertz CT molecular complexity index is 1510. The molecule has 37 heavy (non-hydrogen) atoms. The number of benzene rings is 2. The van der Waals surface area contributed by atoms with Gasteiger partial charge >= 0.3 is 0 Å². The van der Waals surface area contributed by atoms with Gasteiger partial charge in [0.2, 0.25) is 10.9 Å². The SMILES string of the molecule is CCCCCOc1ccc(C2c3c(oc4cc(C)c(C)cc4c3=O)C(=O)N2c2nnc(CCC)s2)cc1. The summed E-state index contributed by atoms with van der Waals surface area (Å²) < 4.78 is 12.0. The van der Waals surface area contributed by atoms with Crippen LogP contribution in [0.25, 0.3) is 11.0 Å². The van der Waals surface area contributed by atoms with Gasteiger partial charge in [0.25, 0.3) is 5.91 Å². The molecule has 5 rings (SSSR count). The third-order valence-corrected chi connectivity index (χ3v) is 7.81. The van der Waals surface area contributed by atoms with Crippen LogP contribution in [0.15, 0.2) is 45.6 Å². The van der Waals surface area contributed by atoms with Crippen LogP contribution in [0, 0.1) is 13.8 Å². The zero-order chi connectivity index (χ0) is 26.1. The van der Waals surface area contributed by atoms with Crippen molar-refractivity contribution >= 4 is 33.3 Å². The average molecular weight is 518 g/mol. The van der Waals surface area contributed by atoms with Crippen LogP contribution in [0.2, 0.25) is 0 Å². The van der Waals surface area contributed by atoms with E-state index in [0.29, 0.717) is 28.3 Å². The van der Waals surface area contributed by atoms with Crippen molar-refractivity contribution < 1.29 is 13.9 Å². The highest BCUT2D eigenvalue weighted by molar-refractivity contribution is 7.15. The Balaban J connectivity index is 1.62. The van der Waals surface area contributed by atoms with Crippen molar-refractivity contribution in [1.82, 2.24) is 10.2 Å². The molecule has 0 fully saturated rings. The number of fused-ring (bicyclic) bond motifs is 2. The number of ether oxygens (including phenoxy) is 1. The van der Waals surface area contributed by atoms with Gasteiger partial charge in [0.05, 0.1) is 23.6 Å². The topological polar surface area (TPSA) is 85.5 Å². The van der Waals surface area contributed by atoms with E-state index in [1.165, 1.54) is 11.3 Å². The van der Waals surface area contributed by atoms with Crippen LogP contribution in [0.1, 0.15) is 83.4 Å². The van der Waals surface area contributed by atoms with Crippen molar-refractivity contribution in [3.05, 3.63) is 79.6 Å². The minimum Gasteiger partial charge on any atom is -0.494 e. The molecule has 1 atom stereocenters. The highest BCUT2D eigenvalue weighted by Gasteiger charge is 2.45. The number of anilines is 1. The number of rotatable bonds is 9.